The average Bonchev–Trinajstić information content (AvgIpc) is 2.46. The molecular formula is C18H23NOS. The number of aryl methyl sites for hydroxylation is 2. The van der Waals surface area contributed by atoms with E-state index >= 15 is 0 Å². The van der Waals surface area contributed by atoms with Crippen molar-refractivity contribution in [3.63, 3.8) is 0 Å². The predicted octanol–water partition coefficient (Wildman–Crippen LogP) is 4.76. The molecule has 2 aromatic carbocycles. The van der Waals surface area contributed by atoms with Crippen LogP contribution in [0.2, 0.25) is 0 Å². The summed E-state index contributed by atoms with van der Waals surface area (Å²) in [6, 6.07) is 12.4. The lowest BCUT2D eigenvalue weighted by molar-refractivity contribution is 0.316. The number of hydrogen-bond acceptors (Lipinski definition) is 3. The quantitative estimate of drug-likeness (QED) is 0.475. The van der Waals surface area contributed by atoms with E-state index in [0.29, 0.717) is 0 Å². The lowest BCUT2D eigenvalue weighted by Gasteiger charge is -2.11. The van der Waals surface area contributed by atoms with Gasteiger partial charge in [-0.1, -0.05) is 18.2 Å². The largest absolute Gasteiger partial charge is 0.493 e. The topological polar surface area (TPSA) is 35.2 Å². The fourth-order valence-corrected chi connectivity index (χ4v) is 3.07. The molecule has 0 aliphatic rings. The highest BCUT2D eigenvalue weighted by Crippen LogP contribution is 2.26. The molecule has 0 bridgehead atoms. The molecule has 0 aliphatic carbocycles. The number of anilines is 1. The van der Waals surface area contributed by atoms with Crippen molar-refractivity contribution < 1.29 is 4.74 Å². The molecule has 0 spiro atoms. The maximum Gasteiger partial charge on any atom is 0.122 e. The van der Waals surface area contributed by atoms with Gasteiger partial charge in [-0.2, -0.15) is 0 Å². The molecule has 2 N–H and O–H groups in total. The zero-order valence-electron chi connectivity index (χ0n) is 13.0. The minimum absolute atomic E-state index is 0.749. The second-order valence-corrected chi connectivity index (χ2v) is 6.43. The molecule has 0 aliphatic heterocycles. The zero-order chi connectivity index (χ0) is 15.2. The van der Waals surface area contributed by atoms with Crippen molar-refractivity contribution >= 4 is 17.4 Å². The summed E-state index contributed by atoms with van der Waals surface area (Å²) in [6.07, 6.45) is 1.02. The Bertz CT molecular complexity index is 606. The van der Waals surface area contributed by atoms with E-state index in [1.54, 1.807) is 0 Å². The average molecular weight is 301 g/mol. The van der Waals surface area contributed by atoms with Crippen molar-refractivity contribution in [2.45, 2.75) is 32.1 Å². The van der Waals surface area contributed by atoms with Gasteiger partial charge in [0.1, 0.15) is 5.75 Å². The summed E-state index contributed by atoms with van der Waals surface area (Å²) in [5.41, 5.74) is 10.4. The maximum absolute atomic E-state index is 5.92. The van der Waals surface area contributed by atoms with Crippen LogP contribution in [0.3, 0.4) is 0 Å². The first-order valence-electron chi connectivity index (χ1n) is 7.26. The monoisotopic (exact) mass is 301 g/mol. The van der Waals surface area contributed by atoms with Crippen LogP contribution in [-0.4, -0.2) is 12.4 Å². The number of thioether (sulfide) groups is 1. The third-order valence-corrected chi connectivity index (χ3v) is 4.72. The number of rotatable bonds is 6. The van der Waals surface area contributed by atoms with Crippen LogP contribution < -0.4 is 10.5 Å². The van der Waals surface area contributed by atoms with Gasteiger partial charge in [-0.25, -0.2) is 0 Å². The Balaban J connectivity index is 1.78. The van der Waals surface area contributed by atoms with E-state index in [0.717, 1.165) is 30.2 Å². The molecule has 0 fully saturated rings. The Morgan fingerprint density at radius 1 is 1.10 bits per heavy atom. The molecule has 2 nitrogen and oxygen atoms in total. The molecule has 3 heteroatoms. The molecule has 0 heterocycles. The van der Waals surface area contributed by atoms with Crippen LogP contribution in [0.4, 0.5) is 5.69 Å². The van der Waals surface area contributed by atoms with Gasteiger partial charge in [0.2, 0.25) is 0 Å². The molecule has 0 aromatic heterocycles. The molecule has 2 aromatic rings. The lowest BCUT2D eigenvalue weighted by atomic mass is 10.1. The number of benzene rings is 2. The fraction of sp³-hybridized carbons (Fsp3) is 0.333. The summed E-state index contributed by atoms with van der Waals surface area (Å²) in [6.45, 7) is 6.99. The minimum Gasteiger partial charge on any atom is -0.493 e. The van der Waals surface area contributed by atoms with Gasteiger partial charge in [-0.3, -0.25) is 0 Å². The number of hydrogen-bond donors (Lipinski definition) is 1. The van der Waals surface area contributed by atoms with Gasteiger partial charge < -0.3 is 10.5 Å². The van der Waals surface area contributed by atoms with Crippen molar-refractivity contribution in [1.82, 2.24) is 0 Å². The maximum atomic E-state index is 5.92. The van der Waals surface area contributed by atoms with Crippen LogP contribution in [0.5, 0.6) is 5.75 Å². The molecule has 0 radical (unpaired) electrons. The van der Waals surface area contributed by atoms with E-state index in [2.05, 4.69) is 45.0 Å². The van der Waals surface area contributed by atoms with Gasteiger partial charge >= 0.3 is 0 Å². The van der Waals surface area contributed by atoms with Crippen molar-refractivity contribution in [3.8, 4) is 5.75 Å². The molecule has 0 amide bonds. The van der Waals surface area contributed by atoms with E-state index in [1.165, 1.54) is 21.6 Å². The molecule has 0 saturated heterocycles. The highest BCUT2D eigenvalue weighted by molar-refractivity contribution is 7.99. The first kappa shape index (κ1) is 15.8. The standard InChI is InChI=1S/C18H23NOS/c1-13-8-9-14(2)17(12-13)20-10-5-11-21-18-7-4-6-16(19)15(18)3/h4,6-9,12H,5,10-11,19H2,1-3H3. The van der Waals surface area contributed by atoms with Crippen LogP contribution >= 0.6 is 11.8 Å². The van der Waals surface area contributed by atoms with Gasteiger partial charge in [0, 0.05) is 16.3 Å². The van der Waals surface area contributed by atoms with Crippen molar-refractivity contribution in [3.05, 3.63) is 53.1 Å². The van der Waals surface area contributed by atoms with Crippen LogP contribution in [-0.2, 0) is 0 Å². The van der Waals surface area contributed by atoms with E-state index < -0.39 is 0 Å². The summed E-state index contributed by atoms with van der Waals surface area (Å²) >= 11 is 1.84. The Labute approximate surface area is 131 Å². The summed E-state index contributed by atoms with van der Waals surface area (Å²) in [5, 5.41) is 0. The minimum atomic E-state index is 0.749. The van der Waals surface area contributed by atoms with E-state index in [-0.39, 0.29) is 0 Å². The second-order valence-electron chi connectivity index (χ2n) is 5.29. The van der Waals surface area contributed by atoms with Crippen LogP contribution in [0.1, 0.15) is 23.1 Å². The molecule has 2 rings (SSSR count). The predicted molar refractivity (Wildman–Crippen MR) is 92.3 cm³/mol. The third-order valence-electron chi connectivity index (χ3n) is 3.47. The van der Waals surface area contributed by atoms with E-state index in [4.69, 9.17) is 10.5 Å². The van der Waals surface area contributed by atoms with Crippen molar-refractivity contribution in [2.75, 3.05) is 18.1 Å². The number of nitrogen functional groups attached to an aromatic ring is 1. The van der Waals surface area contributed by atoms with Gasteiger partial charge in [0.25, 0.3) is 0 Å². The Morgan fingerprint density at radius 2 is 1.90 bits per heavy atom. The SMILES string of the molecule is Cc1ccc(C)c(OCCCSc2cccc(N)c2C)c1. The Morgan fingerprint density at radius 3 is 2.71 bits per heavy atom. The Kier molecular flexibility index (Phi) is 5.57. The highest BCUT2D eigenvalue weighted by Gasteiger charge is 2.03. The first-order valence-corrected chi connectivity index (χ1v) is 8.24. The second kappa shape index (κ2) is 7.41. The normalized spacial score (nSPS) is 10.6. The van der Waals surface area contributed by atoms with Gasteiger partial charge in [0.15, 0.2) is 0 Å². The van der Waals surface area contributed by atoms with Crippen LogP contribution in [0.15, 0.2) is 41.3 Å². The number of nitrogens with two attached hydrogens (primary N) is 1. The first-order chi connectivity index (χ1) is 10.1. The third kappa shape index (κ3) is 4.43. The molecule has 21 heavy (non-hydrogen) atoms. The van der Waals surface area contributed by atoms with E-state index in [1.807, 2.05) is 23.9 Å². The summed E-state index contributed by atoms with van der Waals surface area (Å²) < 4.78 is 5.87. The van der Waals surface area contributed by atoms with Crippen molar-refractivity contribution in [2.24, 2.45) is 0 Å². The van der Waals surface area contributed by atoms with E-state index in [9.17, 15) is 0 Å². The van der Waals surface area contributed by atoms with Crippen molar-refractivity contribution in [1.29, 1.82) is 0 Å². The van der Waals surface area contributed by atoms with Crippen LogP contribution in [0.25, 0.3) is 0 Å². The molecular weight excluding hydrogens is 278 g/mol. The van der Waals surface area contributed by atoms with Gasteiger partial charge in [0.05, 0.1) is 6.61 Å². The molecule has 0 saturated carbocycles. The summed E-state index contributed by atoms with van der Waals surface area (Å²) in [5.74, 6) is 2.04. The van der Waals surface area contributed by atoms with Gasteiger partial charge in [-0.15, -0.1) is 11.8 Å². The van der Waals surface area contributed by atoms with Gasteiger partial charge in [-0.05, 0) is 62.1 Å². The smallest absolute Gasteiger partial charge is 0.122 e. The van der Waals surface area contributed by atoms with Crippen LogP contribution in [0, 0.1) is 20.8 Å². The highest BCUT2D eigenvalue weighted by atomic mass is 32.2. The summed E-state index contributed by atoms with van der Waals surface area (Å²) in [4.78, 5) is 1.27. The zero-order valence-corrected chi connectivity index (χ0v) is 13.8. The molecule has 112 valence electrons. The summed E-state index contributed by atoms with van der Waals surface area (Å²) in [7, 11) is 0. The number of ether oxygens (including phenoxy) is 1. The molecule has 0 atom stereocenters. The lowest BCUT2D eigenvalue weighted by Crippen LogP contribution is -2.00. The fourth-order valence-electron chi connectivity index (χ4n) is 2.07. The molecule has 0 unspecified atom stereocenters. The Hall–Kier alpha value is -1.61.